The first-order valence-electron chi connectivity index (χ1n) is 7.24. The van der Waals surface area contributed by atoms with Gasteiger partial charge in [0.1, 0.15) is 0 Å². The van der Waals surface area contributed by atoms with E-state index in [4.69, 9.17) is 0 Å². The Morgan fingerprint density at radius 2 is 2.10 bits per heavy atom. The molecule has 3 rings (SSSR count). The molecule has 1 unspecified atom stereocenters. The van der Waals surface area contributed by atoms with Crippen LogP contribution in [0, 0.1) is 5.92 Å². The first kappa shape index (κ1) is 13.6. The van der Waals surface area contributed by atoms with Crippen LogP contribution in [0.5, 0.6) is 0 Å². The Kier molecular flexibility index (Phi) is 3.85. The highest BCUT2D eigenvalue weighted by molar-refractivity contribution is 6.06. The molecule has 0 fully saturated rings. The summed E-state index contributed by atoms with van der Waals surface area (Å²) in [5, 5.41) is 10.7. The van der Waals surface area contributed by atoms with Gasteiger partial charge in [0.05, 0.1) is 5.71 Å². The molecule has 2 aliphatic heterocycles. The summed E-state index contributed by atoms with van der Waals surface area (Å²) in [5.74, 6) is 0.942. The number of aliphatic imine (C=N–C) groups is 1. The van der Waals surface area contributed by atoms with E-state index >= 15 is 0 Å². The Hall–Kier alpha value is -2.37. The van der Waals surface area contributed by atoms with Gasteiger partial charge >= 0.3 is 0 Å². The van der Waals surface area contributed by atoms with Gasteiger partial charge in [-0.2, -0.15) is 5.10 Å². The second-order valence-corrected chi connectivity index (χ2v) is 5.35. The van der Waals surface area contributed by atoms with Crippen molar-refractivity contribution in [2.24, 2.45) is 16.0 Å². The highest BCUT2D eigenvalue weighted by atomic mass is 16.2. The smallest absolute Gasteiger partial charge is 0.240 e. The minimum Gasteiger partial charge on any atom is -0.356 e. The predicted octanol–water partition coefficient (Wildman–Crippen LogP) is 1.31. The number of nitrogens with one attached hydrogen (secondary N) is 3. The number of benzene rings is 1. The minimum absolute atomic E-state index is 0.0223. The Morgan fingerprint density at radius 3 is 2.76 bits per heavy atom. The fraction of sp³-hybridized carbons (Fsp3) is 0.400. The number of guanidine groups is 1. The summed E-state index contributed by atoms with van der Waals surface area (Å²) >= 11 is 0. The van der Waals surface area contributed by atoms with E-state index in [0.717, 1.165) is 42.4 Å². The lowest BCUT2D eigenvalue weighted by Gasteiger charge is -2.20. The summed E-state index contributed by atoms with van der Waals surface area (Å²) in [6.45, 7) is 3.84. The molecule has 0 radical (unpaired) electrons. The first-order chi connectivity index (χ1) is 10.2. The van der Waals surface area contributed by atoms with Crippen LogP contribution in [0.4, 0.5) is 5.69 Å². The highest BCUT2D eigenvalue weighted by Crippen LogP contribution is 2.18. The lowest BCUT2D eigenvalue weighted by molar-refractivity contribution is -0.121. The molecule has 0 saturated heterocycles. The van der Waals surface area contributed by atoms with E-state index in [-0.39, 0.29) is 11.8 Å². The summed E-state index contributed by atoms with van der Waals surface area (Å²) in [4.78, 5) is 15.7. The molecule has 3 N–H and O–H groups in total. The van der Waals surface area contributed by atoms with Gasteiger partial charge in [-0.25, -0.2) is 5.43 Å². The van der Waals surface area contributed by atoms with E-state index in [2.05, 4.69) is 26.2 Å². The molecule has 0 spiro atoms. The summed E-state index contributed by atoms with van der Waals surface area (Å²) < 4.78 is 0. The van der Waals surface area contributed by atoms with Crippen LogP contribution < -0.4 is 16.1 Å². The van der Waals surface area contributed by atoms with Gasteiger partial charge in [0, 0.05) is 31.1 Å². The number of hydrogen-bond acceptors (Lipinski definition) is 5. The maximum Gasteiger partial charge on any atom is 0.240 e. The van der Waals surface area contributed by atoms with Gasteiger partial charge in [-0.05, 0) is 24.1 Å². The van der Waals surface area contributed by atoms with Crippen LogP contribution in [0.2, 0.25) is 0 Å². The molecule has 1 aromatic carbocycles. The Balaban J connectivity index is 1.72. The molecule has 2 aliphatic rings. The number of amides is 1. The van der Waals surface area contributed by atoms with E-state index in [0.29, 0.717) is 6.42 Å². The van der Waals surface area contributed by atoms with E-state index < -0.39 is 0 Å². The molecule has 1 atom stereocenters. The van der Waals surface area contributed by atoms with Crippen molar-refractivity contribution in [2.75, 3.05) is 18.4 Å². The third-order valence-corrected chi connectivity index (χ3v) is 3.60. The first-order valence-corrected chi connectivity index (χ1v) is 7.24. The van der Waals surface area contributed by atoms with Crippen LogP contribution in [0.3, 0.4) is 0 Å². The van der Waals surface area contributed by atoms with Crippen molar-refractivity contribution in [1.82, 2.24) is 10.7 Å². The quantitative estimate of drug-likeness (QED) is 0.766. The lowest BCUT2D eigenvalue weighted by Crippen LogP contribution is -2.35. The Morgan fingerprint density at radius 1 is 1.29 bits per heavy atom. The van der Waals surface area contributed by atoms with Crippen molar-refractivity contribution in [2.45, 2.75) is 19.8 Å². The summed E-state index contributed by atoms with van der Waals surface area (Å²) in [7, 11) is 0. The topological polar surface area (TPSA) is 77.9 Å². The van der Waals surface area contributed by atoms with Crippen LogP contribution in [0.15, 0.2) is 34.4 Å². The fourth-order valence-electron chi connectivity index (χ4n) is 2.48. The molecule has 0 bridgehead atoms. The van der Waals surface area contributed by atoms with Crippen molar-refractivity contribution in [1.29, 1.82) is 0 Å². The van der Waals surface area contributed by atoms with E-state index in [1.807, 2.05) is 31.2 Å². The number of carbonyl (C=O) groups is 1. The Labute approximate surface area is 123 Å². The molecule has 110 valence electrons. The fourth-order valence-corrected chi connectivity index (χ4v) is 2.48. The standard InChI is InChI=1S/C15H19N5O/c1-10-9-13(21)19-20-14(10)11-3-5-12(6-4-11)18-15-16-7-2-8-17-15/h3-6,10H,2,7-9H2,1H3,(H,19,21)(H2,16,17,18). The van der Waals surface area contributed by atoms with Crippen LogP contribution in [-0.4, -0.2) is 30.7 Å². The van der Waals surface area contributed by atoms with Crippen molar-refractivity contribution in [3.8, 4) is 0 Å². The van der Waals surface area contributed by atoms with Gasteiger partial charge in [0.25, 0.3) is 0 Å². The number of rotatable bonds is 2. The van der Waals surface area contributed by atoms with Gasteiger partial charge in [-0.1, -0.05) is 19.1 Å². The van der Waals surface area contributed by atoms with Crippen molar-refractivity contribution in [3.63, 3.8) is 0 Å². The molecule has 2 heterocycles. The van der Waals surface area contributed by atoms with Gasteiger partial charge in [-0.3, -0.25) is 9.79 Å². The molecule has 0 saturated carbocycles. The number of carbonyl (C=O) groups excluding carboxylic acids is 1. The molecular formula is C15H19N5O. The summed E-state index contributed by atoms with van der Waals surface area (Å²) in [6.07, 6.45) is 1.56. The van der Waals surface area contributed by atoms with Crippen LogP contribution in [0.1, 0.15) is 25.3 Å². The zero-order valence-corrected chi connectivity index (χ0v) is 12.0. The number of hydrazone groups is 1. The van der Waals surface area contributed by atoms with Gasteiger partial charge in [0.15, 0.2) is 5.96 Å². The van der Waals surface area contributed by atoms with Gasteiger partial charge in [0.2, 0.25) is 5.91 Å². The van der Waals surface area contributed by atoms with E-state index in [1.54, 1.807) is 0 Å². The molecule has 6 nitrogen and oxygen atoms in total. The molecule has 0 aliphatic carbocycles. The molecule has 21 heavy (non-hydrogen) atoms. The maximum absolute atomic E-state index is 11.3. The summed E-state index contributed by atoms with van der Waals surface area (Å²) in [6, 6.07) is 8.02. The lowest BCUT2D eigenvalue weighted by atomic mass is 9.94. The van der Waals surface area contributed by atoms with Crippen molar-refractivity contribution < 1.29 is 4.79 Å². The zero-order valence-electron chi connectivity index (χ0n) is 12.0. The monoisotopic (exact) mass is 285 g/mol. The predicted molar refractivity (Wildman–Crippen MR) is 83.4 cm³/mol. The van der Waals surface area contributed by atoms with Crippen LogP contribution in [-0.2, 0) is 4.79 Å². The second-order valence-electron chi connectivity index (χ2n) is 5.35. The number of hydrogen-bond donors (Lipinski definition) is 3. The molecule has 1 aromatic rings. The van der Waals surface area contributed by atoms with Gasteiger partial charge < -0.3 is 10.6 Å². The Bertz CT molecular complexity index is 591. The number of anilines is 1. The molecule has 6 heteroatoms. The normalized spacial score (nSPS) is 21.8. The SMILES string of the molecule is CC1CC(=O)NN=C1c1ccc(NC2=NCCCN2)cc1. The van der Waals surface area contributed by atoms with Crippen LogP contribution in [0.25, 0.3) is 0 Å². The molecule has 0 aromatic heterocycles. The largest absolute Gasteiger partial charge is 0.356 e. The highest BCUT2D eigenvalue weighted by Gasteiger charge is 2.21. The summed E-state index contributed by atoms with van der Waals surface area (Å²) in [5.41, 5.74) is 5.49. The van der Waals surface area contributed by atoms with Crippen molar-refractivity contribution in [3.05, 3.63) is 29.8 Å². The third kappa shape index (κ3) is 3.21. The average molecular weight is 285 g/mol. The minimum atomic E-state index is -0.0223. The van der Waals surface area contributed by atoms with Crippen LogP contribution >= 0.6 is 0 Å². The maximum atomic E-state index is 11.3. The zero-order chi connectivity index (χ0) is 14.7. The van der Waals surface area contributed by atoms with Gasteiger partial charge in [-0.15, -0.1) is 0 Å². The number of nitrogens with zero attached hydrogens (tertiary/aromatic N) is 2. The van der Waals surface area contributed by atoms with Crippen molar-refractivity contribution >= 4 is 23.3 Å². The average Bonchev–Trinajstić information content (AvgIpc) is 2.49. The third-order valence-electron chi connectivity index (χ3n) is 3.60. The van der Waals surface area contributed by atoms with E-state index in [9.17, 15) is 4.79 Å². The second kappa shape index (κ2) is 5.95. The van der Waals surface area contributed by atoms with E-state index in [1.165, 1.54) is 0 Å². The molecular weight excluding hydrogens is 266 g/mol. The molecule has 1 amide bonds.